The minimum Gasteiger partial charge on any atom is -0.463 e. The van der Waals surface area contributed by atoms with E-state index in [0.29, 0.717) is 12.1 Å². The van der Waals surface area contributed by atoms with Crippen LogP contribution in [0.5, 0.6) is 0 Å². The predicted molar refractivity (Wildman–Crippen MR) is 72.0 cm³/mol. The summed E-state index contributed by atoms with van der Waals surface area (Å²) in [6.45, 7) is 3.81. The Morgan fingerprint density at radius 2 is 2.20 bits per heavy atom. The van der Waals surface area contributed by atoms with Crippen LogP contribution in [-0.4, -0.2) is 18.1 Å². The summed E-state index contributed by atoms with van der Waals surface area (Å²) in [4.78, 5) is 15.9. The van der Waals surface area contributed by atoms with Crippen molar-refractivity contribution in [3.8, 4) is 11.5 Å². The second-order valence-corrected chi connectivity index (χ2v) is 4.52. The molecule has 0 saturated heterocycles. The van der Waals surface area contributed by atoms with Gasteiger partial charge in [-0.2, -0.15) is 0 Å². The van der Waals surface area contributed by atoms with Gasteiger partial charge in [0.15, 0.2) is 0 Å². The van der Waals surface area contributed by atoms with E-state index in [2.05, 4.69) is 9.72 Å². The van der Waals surface area contributed by atoms with Crippen LogP contribution in [0.2, 0.25) is 0 Å². The molecule has 106 valence electrons. The highest BCUT2D eigenvalue weighted by molar-refractivity contribution is 5.88. The quantitative estimate of drug-likeness (QED) is 0.802. The number of oxazole rings is 1. The highest BCUT2D eigenvalue weighted by Crippen LogP contribution is 2.26. The zero-order valence-corrected chi connectivity index (χ0v) is 11.7. The molecule has 0 bridgehead atoms. The number of methoxy groups -OCH3 is 1. The Bertz CT molecular complexity index is 634. The first-order valence-corrected chi connectivity index (χ1v) is 6.41. The van der Waals surface area contributed by atoms with Gasteiger partial charge in [0.05, 0.1) is 18.4 Å². The van der Waals surface area contributed by atoms with Crippen LogP contribution >= 0.6 is 0 Å². The van der Waals surface area contributed by atoms with Crippen LogP contribution in [0.4, 0.5) is 4.39 Å². The average Bonchev–Trinajstić information content (AvgIpc) is 2.85. The number of aromatic nitrogens is 1. The van der Waals surface area contributed by atoms with Gasteiger partial charge in [-0.05, 0) is 25.5 Å². The number of ether oxygens (including phenoxy) is 1. The molecule has 0 aliphatic carbocycles. The first kappa shape index (κ1) is 14.2. The minimum atomic E-state index is -0.597. The summed E-state index contributed by atoms with van der Waals surface area (Å²) in [6, 6.07) is 4.65. The number of rotatable bonds is 4. The van der Waals surface area contributed by atoms with Crippen LogP contribution < -0.4 is 0 Å². The van der Waals surface area contributed by atoms with Gasteiger partial charge in [0, 0.05) is 0 Å². The van der Waals surface area contributed by atoms with Crippen molar-refractivity contribution < 1.29 is 18.3 Å². The molecule has 4 nitrogen and oxygen atoms in total. The lowest BCUT2D eigenvalue weighted by molar-refractivity contribution is 0.0564. The molecule has 0 aliphatic rings. The molecule has 2 rings (SSSR count). The van der Waals surface area contributed by atoms with Gasteiger partial charge in [0.1, 0.15) is 5.82 Å². The zero-order valence-electron chi connectivity index (χ0n) is 11.7. The normalized spacial score (nSPS) is 10.6. The van der Waals surface area contributed by atoms with E-state index in [-0.39, 0.29) is 17.2 Å². The molecule has 0 fully saturated rings. The highest BCUT2D eigenvalue weighted by atomic mass is 19.1. The Labute approximate surface area is 116 Å². The summed E-state index contributed by atoms with van der Waals surface area (Å²) >= 11 is 0. The predicted octanol–water partition coefficient (Wildman–Crippen LogP) is 3.53. The molecule has 0 atom stereocenters. The van der Waals surface area contributed by atoms with Crippen LogP contribution in [0.15, 0.2) is 22.6 Å². The highest BCUT2D eigenvalue weighted by Gasteiger charge is 2.22. The summed E-state index contributed by atoms with van der Waals surface area (Å²) in [5, 5.41) is 0. The van der Waals surface area contributed by atoms with Crippen LogP contribution in [0.3, 0.4) is 0 Å². The minimum absolute atomic E-state index is 0.0465. The van der Waals surface area contributed by atoms with Gasteiger partial charge >= 0.3 is 5.97 Å². The number of hydrogen-bond donors (Lipinski definition) is 0. The van der Waals surface area contributed by atoms with Gasteiger partial charge in [-0.3, -0.25) is 0 Å². The van der Waals surface area contributed by atoms with Gasteiger partial charge in [0.2, 0.25) is 11.7 Å². The van der Waals surface area contributed by atoms with E-state index < -0.39 is 11.8 Å². The fourth-order valence-corrected chi connectivity index (χ4v) is 1.93. The maximum absolute atomic E-state index is 13.8. The molecule has 20 heavy (non-hydrogen) atoms. The monoisotopic (exact) mass is 277 g/mol. The molecular weight excluding hydrogens is 261 g/mol. The maximum Gasteiger partial charge on any atom is 0.376 e. The lowest BCUT2D eigenvalue weighted by Gasteiger charge is -1.99. The first-order valence-electron chi connectivity index (χ1n) is 6.41. The number of hydrogen-bond acceptors (Lipinski definition) is 4. The Kier molecular flexibility index (Phi) is 4.17. The molecule has 1 aromatic carbocycles. The van der Waals surface area contributed by atoms with Gasteiger partial charge in [-0.15, -0.1) is 0 Å². The van der Waals surface area contributed by atoms with E-state index in [1.165, 1.54) is 13.2 Å². The van der Waals surface area contributed by atoms with Crippen molar-refractivity contribution >= 4 is 5.97 Å². The standard InChI is InChI=1S/C15H16FNO3/c1-4-5-12-13(15(18)19-3)20-14(17-12)10-8-9(2)6-7-11(10)16/h6-8H,4-5H2,1-3H3. The van der Waals surface area contributed by atoms with Crippen molar-refractivity contribution in [2.24, 2.45) is 0 Å². The second-order valence-electron chi connectivity index (χ2n) is 4.52. The van der Waals surface area contributed by atoms with E-state index in [1.54, 1.807) is 12.1 Å². The van der Waals surface area contributed by atoms with Crippen LogP contribution in [0.25, 0.3) is 11.5 Å². The summed E-state index contributed by atoms with van der Waals surface area (Å²) in [5.74, 6) is -0.878. The first-order chi connectivity index (χ1) is 9.56. The van der Waals surface area contributed by atoms with Gasteiger partial charge in [0.25, 0.3) is 0 Å². The van der Waals surface area contributed by atoms with E-state index in [4.69, 9.17) is 4.42 Å². The molecule has 1 heterocycles. The van der Waals surface area contributed by atoms with Crippen LogP contribution in [0.1, 0.15) is 35.2 Å². The third-order valence-electron chi connectivity index (χ3n) is 2.91. The van der Waals surface area contributed by atoms with E-state index in [1.807, 2.05) is 13.8 Å². The average molecular weight is 277 g/mol. The number of benzene rings is 1. The fraction of sp³-hybridized carbons (Fsp3) is 0.333. The molecule has 0 aliphatic heterocycles. The number of carbonyl (C=O) groups is 1. The van der Waals surface area contributed by atoms with Crippen molar-refractivity contribution in [2.45, 2.75) is 26.7 Å². The number of carbonyl (C=O) groups excluding carboxylic acids is 1. The Balaban J connectivity index is 2.52. The summed E-state index contributed by atoms with van der Waals surface area (Å²) in [7, 11) is 1.27. The van der Waals surface area contributed by atoms with Crippen molar-refractivity contribution in [2.75, 3.05) is 7.11 Å². The van der Waals surface area contributed by atoms with Crippen molar-refractivity contribution in [3.05, 3.63) is 41.0 Å². The van der Waals surface area contributed by atoms with Gasteiger partial charge in [-0.1, -0.05) is 25.0 Å². The number of nitrogens with zero attached hydrogens (tertiary/aromatic N) is 1. The van der Waals surface area contributed by atoms with E-state index >= 15 is 0 Å². The Morgan fingerprint density at radius 3 is 2.85 bits per heavy atom. The van der Waals surface area contributed by atoms with Crippen LogP contribution in [0, 0.1) is 12.7 Å². The molecule has 1 aromatic heterocycles. The SMILES string of the molecule is CCCc1nc(-c2cc(C)ccc2F)oc1C(=O)OC. The fourth-order valence-electron chi connectivity index (χ4n) is 1.93. The molecule has 0 radical (unpaired) electrons. The third-order valence-corrected chi connectivity index (χ3v) is 2.91. The summed E-state index contributed by atoms with van der Waals surface area (Å²) in [6.07, 6.45) is 1.37. The number of halogens is 1. The Hall–Kier alpha value is -2.17. The lowest BCUT2D eigenvalue weighted by atomic mass is 10.1. The van der Waals surface area contributed by atoms with Crippen molar-refractivity contribution in [3.63, 3.8) is 0 Å². The van der Waals surface area contributed by atoms with E-state index in [0.717, 1.165) is 12.0 Å². The maximum atomic E-state index is 13.8. The second kappa shape index (κ2) is 5.86. The molecule has 0 spiro atoms. The smallest absolute Gasteiger partial charge is 0.376 e. The molecule has 2 aromatic rings. The van der Waals surface area contributed by atoms with Crippen LogP contribution in [-0.2, 0) is 11.2 Å². The van der Waals surface area contributed by atoms with Gasteiger partial charge < -0.3 is 9.15 Å². The molecule has 0 saturated carbocycles. The number of aryl methyl sites for hydroxylation is 2. The van der Waals surface area contributed by atoms with Crippen molar-refractivity contribution in [1.29, 1.82) is 0 Å². The zero-order chi connectivity index (χ0) is 14.7. The molecular formula is C15H16FNO3. The lowest BCUT2D eigenvalue weighted by Crippen LogP contribution is -2.03. The van der Waals surface area contributed by atoms with E-state index in [9.17, 15) is 9.18 Å². The Morgan fingerprint density at radius 1 is 1.45 bits per heavy atom. The summed E-state index contributed by atoms with van der Waals surface area (Å²) in [5.41, 5.74) is 1.63. The third kappa shape index (κ3) is 2.71. The topological polar surface area (TPSA) is 52.3 Å². The van der Waals surface area contributed by atoms with Crippen molar-refractivity contribution in [1.82, 2.24) is 4.98 Å². The van der Waals surface area contributed by atoms with Gasteiger partial charge in [-0.25, -0.2) is 14.2 Å². The molecule has 0 unspecified atom stereocenters. The number of esters is 1. The molecule has 0 N–H and O–H groups in total. The summed E-state index contributed by atoms with van der Waals surface area (Å²) < 4.78 is 23.9. The molecule has 0 amide bonds. The largest absolute Gasteiger partial charge is 0.463 e. The molecule has 5 heteroatoms.